The number of hydrogen-bond donors (Lipinski definition) is 2. The van der Waals surface area contributed by atoms with Gasteiger partial charge in [0.25, 0.3) is 0 Å². The number of carbonyl (C=O) groups excluding carboxylic acids is 2. The van der Waals surface area contributed by atoms with E-state index in [1.165, 1.54) is 0 Å². The van der Waals surface area contributed by atoms with E-state index in [1.54, 1.807) is 25.1 Å². The summed E-state index contributed by atoms with van der Waals surface area (Å²) in [6.07, 6.45) is 2.30. The topological polar surface area (TPSA) is 142 Å². The molecule has 1 saturated heterocycles. The summed E-state index contributed by atoms with van der Waals surface area (Å²) in [4.78, 5) is 28.5. The Bertz CT molecular complexity index is 1450. The number of sulfonamides is 1. The van der Waals surface area contributed by atoms with Crippen molar-refractivity contribution in [2.75, 3.05) is 48.8 Å². The van der Waals surface area contributed by atoms with E-state index >= 15 is 0 Å². The molecular formula is C31H50N4O7S2. The highest BCUT2D eigenvalue weighted by atomic mass is 32.2. The molecule has 248 valence electrons. The number of hydrogen-bond acceptors (Lipinski definition) is 8. The molecule has 3 aliphatic rings. The predicted octanol–water partition coefficient (Wildman–Crippen LogP) is 3.09. The minimum Gasteiger partial charge on any atom is -0.444 e. The molecule has 13 heteroatoms. The fraction of sp³-hybridized carbons (Fsp3) is 0.742. The Labute approximate surface area is 263 Å². The van der Waals surface area contributed by atoms with Gasteiger partial charge in [-0.3, -0.25) is 4.79 Å². The number of sulfone groups is 1. The zero-order valence-electron chi connectivity index (χ0n) is 27.2. The maximum Gasteiger partial charge on any atom is 0.408 e. The van der Waals surface area contributed by atoms with Crippen LogP contribution in [-0.4, -0.2) is 94.8 Å². The number of rotatable bonds is 10. The van der Waals surface area contributed by atoms with Crippen molar-refractivity contribution < 1.29 is 31.2 Å². The lowest BCUT2D eigenvalue weighted by molar-refractivity contribution is -0.125. The third kappa shape index (κ3) is 7.52. The SMILES string of the molecule is Cc1ccccc1N1CCN(S(=O)(=O)CC23CCC(CC2NC(=O)[C@H](CCS(C)(=O)=O)NC(=O)OC(C)(C)C)C3(C)C)CC1. The van der Waals surface area contributed by atoms with Crippen molar-refractivity contribution in [3.63, 3.8) is 0 Å². The van der Waals surface area contributed by atoms with E-state index in [-0.39, 0.29) is 29.3 Å². The van der Waals surface area contributed by atoms with Crippen LogP contribution in [0.3, 0.4) is 0 Å². The monoisotopic (exact) mass is 654 g/mol. The number of fused-ring (bicyclic) bond motifs is 2. The molecule has 3 unspecified atom stereocenters. The number of alkyl carbamates (subject to hydrolysis) is 1. The number of nitrogens with one attached hydrogen (secondary N) is 2. The van der Waals surface area contributed by atoms with Gasteiger partial charge in [-0.1, -0.05) is 32.0 Å². The van der Waals surface area contributed by atoms with E-state index < -0.39 is 55.0 Å². The van der Waals surface area contributed by atoms with Crippen LogP contribution >= 0.6 is 0 Å². The van der Waals surface area contributed by atoms with Gasteiger partial charge in [0.15, 0.2) is 0 Å². The molecule has 2 bridgehead atoms. The fourth-order valence-corrected chi connectivity index (χ4v) is 10.4. The standard InChI is InChI=1S/C31H50N4O7S2/c1-22-10-8-9-11-25(22)34-15-17-35(18-16-34)44(40,41)21-31-14-12-23(30(31,5)6)20-26(31)33-27(36)24(13-19-43(7,38)39)32-28(37)42-29(2,3)4/h8-11,23-24,26H,12-21H2,1-7H3,(H,32,37)(H,33,36)/t23?,24-,26?,31?/m0/s1. The molecule has 1 aromatic rings. The van der Waals surface area contributed by atoms with E-state index in [2.05, 4.69) is 48.4 Å². The highest BCUT2D eigenvalue weighted by Gasteiger charge is 2.66. The molecule has 2 saturated carbocycles. The Morgan fingerprint density at radius 1 is 1.07 bits per heavy atom. The summed E-state index contributed by atoms with van der Waals surface area (Å²) in [5, 5.41) is 5.63. The zero-order chi connectivity index (χ0) is 32.7. The molecule has 44 heavy (non-hydrogen) atoms. The second-order valence-electron chi connectivity index (χ2n) is 14.5. The molecule has 2 amide bonds. The summed E-state index contributed by atoms with van der Waals surface area (Å²) in [6.45, 7) is 13.3. The number of nitrogens with zero attached hydrogens (tertiary/aromatic N) is 2. The lowest BCUT2D eigenvalue weighted by Crippen LogP contribution is -2.58. The summed E-state index contributed by atoms with van der Waals surface area (Å²) >= 11 is 0. The van der Waals surface area contributed by atoms with Crippen LogP contribution < -0.4 is 15.5 Å². The van der Waals surface area contributed by atoms with Gasteiger partial charge in [0.2, 0.25) is 15.9 Å². The van der Waals surface area contributed by atoms with Gasteiger partial charge >= 0.3 is 6.09 Å². The van der Waals surface area contributed by atoms with E-state index in [0.717, 1.165) is 23.9 Å². The average Bonchev–Trinajstić information content (AvgIpc) is 3.24. The van der Waals surface area contributed by atoms with Gasteiger partial charge in [-0.25, -0.2) is 21.6 Å². The normalized spacial score (nSPS) is 26.3. The van der Waals surface area contributed by atoms with Gasteiger partial charge in [-0.2, -0.15) is 4.31 Å². The Kier molecular flexibility index (Phi) is 9.74. The van der Waals surface area contributed by atoms with Crippen LogP contribution in [0.4, 0.5) is 10.5 Å². The first-order valence-corrected chi connectivity index (χ1v) is 19.2. The quantitative estimate of drug-likeness (QED) is 0.392. The van der Waals surface area contributed by atoms with Crippen molar-refractivity contribution in [2.45, 2.75) is 84.9 Å². The molecule has 1 heterocycles. The van der Waals surface area contributed by atoms with Gasteiger partial charge in [-0.15, -0.1) is 0 Å². The first-order valence-electron chi connectivity index (χ1n) is 15.5. The van der Waals surface area contributed by atoms with E-state index in [9.17, 15) is 26.4 Å². The molecule has 2 aliphatic carbocycles. The Hall–Kier alpha value is -2.38. The van der Waals surface area contributed by atoms with Gasteiger partial charge in [0, 0.05) is 49.6 Å². The molecule has 0 radical (unpaired) electrons. The molecule has 4 atom stereocenters. The van der Waals surface area contributed by atoms with Gasteiger partial charge in [0.1, 0.15) is 21.5 Å². The molecule has 0 aromatic heterocycles. The molecule has 11 nitrogen and oxygen atoms in total. The molecule has 1 aliphatic heterocycles. The van der Waals surface area contributed by atoms with Crippen LogP contribution in [0.5, 0.6) is 0 Å². The minimum atomic E-state index is -3.67. The predicted molar refractivity (Wildman–Crippen MR) is 172 cm³/mol. The Morgan fingerprint density at radius 3 is 2.27 bits per heavy atom. The smallest absolute Gasteiger partial charge is 0.408 e. The second kappa shape index (κ2) is 12.4. The number of aryl methyl sites for hydroxylation is 1. The molecule has 1 aromatic carbocycles. The molecule has 4 rings (SSSR count). The highest BCUT2D eigenvalue weighted by molar-refractivity contribution is 7.90. The molecule has 0 spiro atoms. The van der Waals surface area contributed by atoms with Crippen LogP contribution in [-0.2, 0) is 29.4 Å². The second-order valence-corrected chi connectivity index (χ2v) is 18.7. The van der Waals surface area contributed by atoms with Crippen molar-refractivity contribution in [3.8, 4) is 0 Å². The summed E-state index contributed by atoms with van der Waals surface area (Å²) in [5.41, 5.74) is 0.420. The van der Waals surface area contributed by atoms with Crippen molar-refractivity contribution in [1.82, 2.24) is 14.9 Å². The highest BCUT2D eigenvalue weighted by Crippen LogP contribution is 2.66. The largest absolute Gasteiger partial charge is 0.444 e. The summed E-state index contributed by atoms with van der Waals surface area (Å²) < 4.78 is 58.9. The number of para-hydroxylation sites is 1. The number of benzene rings is 1. The van der Waals surface area contributed by atoms with Crippen LogP contribution in [0.1, 0.15) is 65.9 Å². The minimum absolute atomic E-state index is 0.0771. The van der Waals surface area contributed by atoms with Crippen LogP contribution in [0.2, 0.25) is 0 Å². The lowest BCUT2D eigenvalue weighted by Gasteiger charge is -2.44. The number of ether oxygens (including phenoxy) is 1. The van der Waals surface area contributed by atoms with Crippen molar-refractivity contribution in [2.24, 2.45) is 16.7 Å². The van der Waals surface area contributed by atoms with Gasteiger partial charge in [-0.05, 0) is 76.3 Å². The van der Waals surface area contributed by atoms with E-state index in [0.29, 0.717) is 39.0 Å². The number of carbonyl (C=O) groups is 2. The third-order valence-electron chi connectivity index (χ3n) is 10.1. The molecule has 2 N–H and O–H groups in total. The van der Waals surface area contributed by atoms with E-state index in [1.807, 2.05) is 12.1 Å². The van der Waals surface area contributed by atoms with Crippen molar-refractivity contribution in [1.29, 1.82) is 0 Å². The van der Waals surface area contributed by atoms with Crippen LogP contribution in [0.25, 0.3) is 0 Å². The summed E-state index contributed by atoms with van der Waals surface area (Å²) in [5.74, 6) is -0.675. The number of anilines is 1. The maximum atomic E-state index is 14.0. The van der Waals surface area contributed by atoms with Crippen molar-refractivity contribution >= 4 is 37.5 Å². The zero-order valence-corrected chi connectivity index (χ0v) is 28.8. The number of piperazine rings is 1. The van der Waals surface area contributed by atoms with Crippen LogP contribution in [0.15, 0.2) is 24.3 Å². The van der Waals surface area contributed by atoms with Gasteiger partial charge < -0.3 is 20.3 Å². The van der Waals surface area contributed by atoms with Crippen molar-refractivity contribution in [3.05, 3.63) is 29.8 Å². The lowest BCUT2D eigenvalue weighted by atomic mass is 9.69. The Morgan fingerprint density at radius 2 is 1.70 bits per heavy atom. The summed E-state index contributed by atoms with van der Waals surface area (Å²) in [6, 6.07) is 6.52. The Balaban J connectivity index is 1.50. The van der Waals surface area contributed by atoms with E-state index in [4.69, 9.17) is 4.74 Å². The third-order valence-corrected chi connectivity index (χ3v) is 13.1. The molecule has 3 fully saturated rings. The van der Waals surface area contributed by atoms with Gasteiger partial charge in [0.05, 0.1) is 11.5 Å². The number of amides is 2. The fourth-order valence-electron chi connectivity index (χ4n) is 7.49. The maximum absolute atomic E-state index is 14.0. The molecular weight excluding hydrogens is 604 g/mol. The van der Waals surface area contributed by atoms with Crippen LogP contribution in [0, 0.1) is 23.7 Å². The average molecular weight is 655 g/mol. The first kappa shape index (κ1) is 34.5. The summed E-state index contributed by atoms with van der Waals surface area (Å²) in [7, 11) is -7.08. The first-order chi connectivity index (χ1) is 20.2.